The Hall–Kier alpha value is -2.50. The fourth-order valence-electron chi connectivity index (χ4n) is 7.55. The topological polar surface area (TPSA) is 86.7 Å². The number of rotatable bonds is 19. The minimum Gasteiger partial charge on any atom is -0.393 e. The summed E-state index contributed by atoms with van der Waals surface area (Å²) in [5, 5.41) is 0. The molecule has 2 saturated heterocycles. The second kappa shape index (κ2) is 16.2. The number of hydrogen-bond donors (Lipinski definition) is 0. The molecule has 1 aliphatic carbocycles. The van der Waals surface area contributed by atoms with Crippen LogP contribution in [-0.4, -0.2) is 23.9 Å². The summed E-state index contributed by atoms with van der Waals surface area (Å²) < 4.78 is 10.1. The molecule has 5 unspecified atom stereocenters. The maximum atomic E-state index is 12.9. The molecule has 0 saturated carbocycles. The molecule has 0 bridgehead atoms. The van der Waals surface area contributed by atoms with E-state index in [0.29, 0.717) is 0 Å². The van der Waals surface area contributed by atoms with Crippen LogP contribution in [0.1, 0.15) is 152 Å². The van der Waals surface area contributed by atoms with Crippen molar-refractivity contribution in [3.63, 3.8) is 0 Å². The lowest BCUT2D eigenvalue weighted by molar-refractivity contribution is -0.156. The monoisotopic (exact) mass is 566 g/mol. The SMILES string of the molecule is CCCCCCCCCCCCCCCCCCCC1C2C(=O)OC(=O)C2c2ccccc2C1C1CC(=O)OC1=O. The van der Waals surface area contributed by atoms with Gasteiger partial charge in [-0.2, -0.15) is 0 Å². The van der Waals surface area contributed by atoms with Crippen molar-refractivity contribution in [1.29, 1.82) is 0 Å². The van der Waals surface area contributed by atoms with Gasteiger partial charge in [-0.05, 0) is 23.5 Å². The number of esters is 4. The van der Waals surface area contributed by atoms with E-state index in [0.717, 1.165) is 36.8 Å². The van der Waals surface area contributed by atoms with E-state index < -0.39 is 41.6 Å². The number of unbranched alkanes of at least 4 members (excludes halogenated alkanes) is 16. The molecule has 0 N–H and O–H groups in total. The Morgan fingerprint density at radius 2 is 1.10 bits per heavy atom. The molecule has 0 radical (unpaired) electrons. The quantitative estimate of drug-likeness (QED) is 0.0951. The van der Waals surface area contributed by atoms with Gasteiger partial charge in [-0.1, -0.05) is 140 Å². The van der Waals surface area contributed by atoms with Crippen molar-refractivity contribution in [2.45, 2.75) is 141 Å². The molecular weight excluding hydrogens is 516 g/mol. The van der Waals surface area contributed by atoms with Crippen LogP contribution in [0.5, 0.6) is 0 Å². The molecule has 6 heteroatoms. The molecule has 1 aromatic carbocycles. The summed E-state index contributed by atoms with van der Waals surface area (Å²) in [6, 6.07) is 7.53. The van der Waals surface area contributed by atoms with Crippen molar-refractivity contribution in [2.24, 2.45) is 17.8 Å². The molecule has 0 spiro atoms. The van der Waals surface area contributed by atoms with Gasteiger partial charge in [-0.15, -0.1) is 0 Å². The van der Waals surface area contributed by atoms with Gasteiger partial charge in [0.1, 0.15) is 0 Å². The lowest BCUT2D eigenvalue weighted by atomic mass is 9.59. The van der Waals surface area contributed by atoms with Crippen molar-refractivity contribution in [3.8, 4) is 0 Å². The maximum Gasteiger partial charge on any atom is 0.321 e. The first kappa shape index (κ1) is 31.4. The molecule has 5 atom stereocenters. The van der Waals surface area contributed by atoms with Crippen LogP contribution in [0.4, 0.5) is 0 Å². The zero-order valence-corrected chi connectivity index (χ0v) is 25.1. The zero-order valence-electron chi connectivity index (χ0n) is 25.1. The summed E-state index contributed by atoms with van der Waals surface area (Å²) in [5.74, 6) is -4.42. The minimum atomic E-state index is -0.626. The van der Waals surface area contributed by atoms with Gasteiger partial charge in [0.2, 0.25) is 0 Å². The van der Waals surface area contributed by atoms with Crippen LogP contribution < -0.4 is 0 Å². The van der Waals surface area contributed by atoms with Crippen molar-refractivity contribution in [3.05, 3.63) is 35.4 Å². The Bertz CT molecular complexity index is 1030. The van der Waals surface area contributed by atoms with Crippen molar-refractivity contribution >= 4 is 23.9 Å². The van der Waals surface area contributed by atoms with Crippen molar-refractivity contribution in [2.75, 3.05) is 0 Å². The van der Waals surface area contributed by atoms with E-state index >= 15 is 0 Å². The predicted octanol–water partition coefficient (Wildman–Crippen LogP) is 8.31. The Kier molecular flexibility index (Phi) is 12.4. The van der Waals surface area contributed by atoms with Crippen LogP contribution in [0.25, 0.3) is 0 Å². The lowest BCUT2D eigenvalue weighted by Gasteiger charge is -2.40. The molecule has 4 rings (SSSR count). The summed E-state index contributed by atoms with van der Waals surface area (Å²) in [4.78, 5) is 50.3. The Morgan fingerprint density at radius 3 is 1.61 bits per heavy atom. The van der Waals surface area contributed by atoms with Gasteiger partial charge in [-0.3, -0.25) is 19.2 Å². The molecule has 226 valence electrons. The molecule has 1 aromatic rings. The van der Waals surface area contributed by atoms with Gasteiger partial charge in [0, 0.05) is 5.92 Å². The summed E-state index contributed by atoms with van der Waals surface area (Å²) in [7, 11) is 0. The second-order valence-electron chi connectivity index (χ2n) is 12.6. The normalized spacial score (nSPS) is 25.2. The molecule has 41 heavy (non-hydrogen) atoms. The van der Waals surface area contributed by atoms with Crippen molar-refractivity contribution < 1.29 is 28.7 Å². The summed E-state index contributed by atoms with van der Waals surface area (Å²) in [6.07, 6.45) is 22.8. The highest BCUT2D eigenvalue weighted by Crippen LogP contribution is 2.55. The number of ether oxygens (including phenoxy) is 2. The summed E-state index contributed by atoms with van der Waals surface area (Å²) >= 11 is 0. The van der Waals surface area contributed by atoms with Crippen LogP contribution in [0.15, 0.2) is 24.3 Å². The lowest BCUT2D eigenvalue weighted by Crippen LogP contribution is -2.39. The van der Waals surface area contributed by atoms with Crippen LogP contribution in [0.2, 0.25) is 0 Å². The highest BCUT2D eigenvalue weighted by atomic mass is 16.6. The van der Waals surface area contributed by atoms with E-state index in [-0.39, 0.29) is 18.3 Å². The third-order valence-electron chi connectivity index (χ3n) is 9.68. The average molecular weight is 567 g/mol. The predicted molar refractivity (Wildman–Crippen MR) is 158 cm³/mol. The van der Waals surface area contributed by atoms with Crippen LogP contribution in [-0.2, 0) is 28.7 Å². The number of carbonyl (C=O) groups excluding carboxylic acids is 4. The molecule has 2 heterocycles. The van der Waals surface area contributed by atoms with E-state index in [1.54, 1.807) is 0 Å². The number of fused-ring (bicyclic) bond motifs is 3. The van der Waals surface area contributed by atoms with Crippen LogP contribution >= 0.6 is 0 Å². The third-order valence-corrected chi connectivity index (χ3v) is 9.68. The minimum absolute atomic E-state index is 0.0216. The first-order chi connectivity index (χ1) is 20.0. The van der Waals surface area contributed by atoms with E-state index in [9.17, 15) is 19.2 Å². The van der Waals surface area contributed by atoms with E-state index in [2.05, 4.69) is 6.92 Å². The summed E-state index contributed by atoms with van der Waals surface area (Å²) in [6.45, 7) is 2.27. The van der Waals surface area contributed by atoms with Crippen LogP contribution in [0, 0.1) is 17.8 Å². The number of carbonyl (C=O) groups is 4. The third kappa shape index (κ3) is 8.29. The molecule has 0 aromatic heterocycles. The van der Waals surface area contributed by atoms with Gasteiger partial charge in [0.05, 0.1) is 24.2 Å². The van der Waals surface area contributed by atoms with E-state index in [1.807, 2.05) is 24.3 Å². The molecule has 6 nitrogen and oxygen atoms in total. The summed E-state index contributed by atoms with van der Waals surface area (Å²) in [5.41, 5.74) is 1.64. The van der Waals surface area contributed by atoms with Gasteiger partial charge < -0.3 is 9.47 Å². The molecule has 2 aliphatic heterocycles. The largest absolute Gasteiger partial charge is 0.393 e. The highest BCUT2D eigenvalue weighted by Gasteiger charge is 2.58. The average Bonchev–Trinajstić information content (AvgIpc) is 3.46. The molecular formula is C35H50O6. The van der Waals surface area contributed by atoms with E-state index in [1.165, 1.54) is 89.9 Å². The zero-order chi connectivity index (χ0) is 29.0. The first-order valence-corrected chi connectivity index (χ1v) is 16.6. The van der Waals surface area contributed by atoms with Gasteiger partial charge in [-0.25, -0.2) is 0 Å². The number of cyclic esters (lactones) is 4. The number of hydrogen-bond acceptors (Lipinski definition) is 6. The first-order valence-electron chi connectivity index (χ1n) is 16.6. The fourth-order valence-corrected chi connectivity index (χ4v) is 7.55. The fraction of sp³-hybridized carbons (Fsp3) is 0.714. The van der Waals surface area contributed by atoms with Gasteiger partial charge in [0.15, 0.2) is 0 Å². The van der Waals surface area contributed by atoms with Crippen molar-refractivity contribution in [1.82, 2.24) is 0 Å². The molecule has 3 aliphatic rings. The van der Waals surface area contributed by atoms with Crippen LogP contribution in [0.3, 0.4) is 0 Å². The Morgan fingerprint density at radius 1 is 0.585 bits per heavy atom. The van der Waals surface area contributed by atoms with Gasteiger partial charge in [0.25, 0.3) is 0 Å². The van der Waals surface area contributed by atoms with Gasteiger partial charge >= 0.3 is 23.9 Å². The maximum absolute atomic E-state index is 12.9. The Labute approximate surface area is 246 Å². The second-order valence-corrected chi connectivity index (χ2v) is 12.6. The van der Waals surface area contributed by atoms with E-state index in [4.69, 9.17) is 9.47 Å². The smallest absolute Gasteiger partial charge is 0.321 e. The molecule has 0 amide bonds. The standard InChI is InChI=1S/C35H50O6/c1-2-3-4-5-6-7-8-9-10-11-12-13-14-15-16-17-18-23-27-30(28-24-29(36)40-33(28)37)25-21-19-20-22-26(25)31-32(27)35(39)41-34(31)38/h19-22,27-28,30-32H,2-18,23-24H2,1H3. The highest BCUT2D eigenvalue weighted by molar-refractivity contribution is 6.01. The number of benzene rings is 1. The Balaban J connectivity index is 1.18. The molecule has 2 fully saturated rings.